The third kappa shape index (κ3) is 4.98. The molecule has 4 rings (SSSR count). The molecule has 1 aliphatic heterocycles. The van der Waals surface area contributed by atoms with Gasteiger partial charge in [0.2, 0.25) is 5.43 Å². The molecule has 1 saturated heterocycles. The Morgan fingerprint density at radius 3 is 2.45 bits per heavy atom. The Labute approximate surface area is 187 Å². The molecule has 1 amide bonds. The number of piperazine rings is 1. The molecule has 0 aliphatic carbocycles. The first-order valence-electron chi connectivity index (χ1n) is 10.3. The van der Waals surface area contributed by atoms with Gasteiger partial charge in [-0.25, -0.2) is 4.68 Å². The first-order chi connectivity index (χ1) is 15.6. The van der Waals surface area contributed by atoms with Crippen molar-refractivity contribution in [1.29, 1.82) is 0 Å². The molecule has 0 unspecified atom stereocenters. The van der Waals surface area contributed by atoms with Crippen LogP contribution in [-0.4, -0.2) is 56.8 Å². The number of alkyl halides is 3. The molecule has 174 valence electrons. The van der Waals surface area contributed by atoms with Crippen LogP contribution in [0.15, 0.2) is 45.7 Å². The van der Waals surface area contributed by atoms with Gasteiger partial charge in [-0.1, -0.05) is 11.2 Å². The zero-order valence-corrected chi connectivity index (χ0v) is 18.1. The van der Waals surface area contributed by atoms with E-state index in [9.17, 15) is 22.8 Å². The molecule has 3 aromatic rings. The van der Waals surface area contributed by atoms with E-state index in [0.29, 0.717) is 38.4 Å². The second-order valence-corrected chi connectivity index (χ2v) is 7.96. The van der Waals surface area contributed by atoms with Crippen molar-refractivity contribution in [2.45, 2.75) is 26.6 Å². The summed E-state index contributed by atoms with van der Waals surface area (Å²) in [6, 6.07) is 7.65. The molecule has 1 aromatic carbocycles. The van der Waals surface area contributed by atoms with Crippen LogP contribution in [-0.2, 0) is 12.7 Å². The summed E-state index contributed by atoms with van der Waals surface area (Å²) in [7, 11) is 0. The van der Waals surface area contributed by atoms with Crippen molar-refractivity contribution in [3.63, 3.8) is 0 Å². The standard InChI is InChI=1S/C22H22F3N5O3/c1-14-10-18(33-27-14)13-28-6-8-29(9-7-28)21(32)20-19(31)11-15(2)30(26-20)17-5-3-4-16(12-17)22(23,24)25/h3-5,10-12H,6-9,13H2,1-2H3. The fraction of sp³-hybridized carbons (Fsp3) is 0.364. The van der Waals surface area contributed by atoms with Crippen molar-refractivity contribution in [2.24, 2.45) is 0 Å². The van der Waals surface area contributed by atoms with Crippen molar-refractivity contribution in [2.75, 3.05) is 26.2 Å². The van der Waals surface area contributed by atoms with Gasteiger partial charge in [0.05, 0.1) is 23.5 Å². The van der Waals surface area contributed by atoms with E-state index in [1.165, 1.54) is 27.8 Å². The average molecular weight is 461 g/mol. The minimum Gasteiger partial charge on any atom is -0.360 e. The molecule has 11 heteroatoms. The summed E-state index contributed by atoms with van der Waals surface area (Å²) in [5, 5.41) is 8.00. The van der Waals surface area contributed by atoms with Gasteiger partial charge in [0.25, 0.3) is 5.91 Å². The second kappa shape index (κ2) is 8.81. The number of carbonyl (C=O) groups is 1. The minimum atomic E-state index is -4.52. The molecular formula is C22H22F3N5O3. The highest BCUT2D eigenvalue weighted by Crippen LogP contribution is 2.30. The molecule has 1 fully saturated rings. The summed E-state index contributed by atoms with van der Waals surface area (Å²) in [6.07, 6.45) is -4.52. The Bertz CT molecular complexity index is 1230. The molecule has 0 radical (unpaired) electrons. The zero-order valence-electron chi connectivity index (χ0n) is 18.1. The fourth-order valence-electron chi connectivity index (χ4n) is 3.74. The van der Waals surface area contributed by atoms with E-state index >= 15 is 0 Å². The molecule has 0 saturated carbocycles. The van der Waals surface area contributed by atoms with Crippen LogP contribution in [0.1, 0.15) is 33.2 Å². The van der Waals surface area contributed by atoms with E-state index in [1.807, 2.05) is 13.0 Å². The maximum absolute atomic E-state index is 13.1. The monoisotopic (exact) mass is 461 g/mol. The average Bonchev–Trinajstić information content (AvgIpc) is 3.18. The number of rotatable bonds is 4. The van der Waals surface area contributed by atoms with E-state index in [-0.39, 0.29) is 11.4 Å². The summed E-state index contributed by atoms with van der Waals surface area (Å²) in [4.78, 5) is 29.2. The molecule has 33 heavy (non-hydrogen) atoms. The fourth-order valence-corrected chi connectivity index (χ4v) is 3.74. The topological polar surface area (TPSA) is 84.5 Å². The van der Waals surface area contributed by atoms with Gasteiger partial charge in [-0.3, -0.25) is 14.5 Å². The number of amides is 1. The van der Waals surface area contributed by atoms with Gasteiger partial charge in [-0.2, -0.15) is 18.3 Å². The minimum absolute atomic E-state index is 0.114. The van der Waals surface area contributed by atoms with Crippen LogP contribution in [0.4, 0.5) is 13.2 Å². The molecule has 3 heterocycles. The van der Waals surface area contributed by atoms with E-state index in [1.54, 1.807) is 6.92 Å². The number of hydrogen-bond donors (Lipinski definition) is 0. The molecular weight excluding hydrogens is 439 g/mol. The Balaban J connectivity index is 1.52. The van der Waals surface area contributed by atoms with E-state index in [2.05, 4.69) is 15.2 Å². The SMILES string of the molecule is Cc1cc(CN2CCN(C(=O)c3nn(-c4cccc(C(F)(F)F)c4)c(C)cc3=O)CC2)on1. The third-order valence-corrected chi connectivity index (χ3v) is 5.44. The van der Waals surface area contributed by atoms with Crippen LogP contribution in [0.5, 0.6) is 0 Å². The smallest absolute Gasteiger partial charge is 0.360 e. The van der Waals surface area contributed by atoms with Gasteiger partial charge in [0.15, 0.2) is 11.5 Å². The molecule has 0 N–H and O–H groups in total. The molecule has 2 aromatic heterocycles. The molecule has 0 bridgehead atoms. The summed E-state index contributed by atoms with van der Waals surface area (Å²) in [5.41, 5.74) is -0.503. The van der Waals surface area contributed by atoms with Crippen LogP contribution >= 0.6 is 0 Å². The number of hydrogen-bond acceptors (Lipinski definition) is 6. The van der Waals surface area contributed by atoms with Gasteiger partial charge in [0, 0.05) is 44.0 Å². The van der Waals surface area contributed by atoms with E-state index in [0.717, 1.165) is 23.6 Å². The van der Waals surface area contributed by atoms with Crippen molar-refractivity contribution in [3.8, 4) is 5.69 Å². The highest BCUT2D eigenvalue weighted by atomic mass is 19.4. The van der Waals surface area contributed by atoms with Crippen molar-refractivity contribution in [3.05, 3.63) is 75.0 Å². The van der Waals surface area contributed by atoms with Crippen LogP contribution in [0.2, 0.25) is 0 Å². The third-order valence-electron chi connectivity index (χ3n) is 5.44. The van der Waals surface area contributed by atoms with Crippen molar-refractivity contribution >= 4 is 5.91 Å². The Morgan fingerprint density at radius 2 is 1.82 bits per heavy atom. The Hall–Kier alpha value is -3.47. The van der Waals surface area contributed by atoms with Gasteiger partial charge < -0.3 is 9.42 Å². The number of halogens is 3. The molecule has 8 nitrogen and oxygen atoms in total. The second-order valence-electron chi connectivity index (χ2n) is 7.96. The van der Waals surface area contributed by atoms with Gasteiger partial charge >= 0.3 is 6.18 Å². The van der Waals surface area contributed by atoms with Gasteiger partial charge in [-0.15, -0.1) is 0 Å². The van der Waals surface area contributed by atoms with Crippen LogP contribution < -0.4 is 5.43 Å². The number of nitrogens with zero attached hydrogens (tertiary/aromatic N) is 5. The summed E-state index contributed by atoms with van der Waals surface area (Å²) >= 11 is 0. The highest BCUT2D eigenvalue weighted by molar-refractivity contribution is 5.92. The summed E-state index contributed by atoms with van der Waals surface area (Å²) < 4.78 is 45.8. The van der Waals surface area contributed by atoms with E-state index < -0.39 is 23.1 Å². The lowest BCUT2D eigenvalue weighted by Gasteiger charge is -2.33. The number of aromatic nitrogens is 3. The normalized spacial score (nSPS) is 15.1. The van der Waals surface area contributed by atoms with Crippen LogP contribution in [0, 0.1) is 13.8 Å². The van der Waals surface area contributed by atoms with Gasteiger partial charge in [0.1, 0.15) is 0 Å². The molecule has 0 atom stereocenters. The van der Waals surface area contributed by atoms with Crippen LogP contribution in [0.25, 0.3) is 5.69 Å². The lowest BCUT2D eigenvalue weighted by Crippen LogP contribution is -2.49. The quantitative estimate of drug-likeness (QED) is 0.594. The Kier molecular flexibility index (Phi) is 6.07. The maximum Gasteiger partial charge on any atom is 0.416 e. The predicted octanol–water partition coefficient (Wildman–Crippen LogP) is 2.81. The van der Waals surface area contributed by atoms with Gasteiger partial charge in [-0.05, 0) is 32.0 Å². The lowest BCUT2D eigenvalue weighted by molar-refractivity contribution is -0.137. The van der Waals surface area contributed by atoms with Crippen molar-refractivity contribution in [1.82, 2.24) is 24.7 Å². The summed E-state index contributed by atoms with van der Waals surface area (Å²) in [6.45, 7) is 5.85. The Morgan fingerprint density at radius 1 is 1.09 bits per heavy atom. The van der Waals surface area contributed by atoms with E-state index in [4.69, 9.17) is 4.52 Å². The highest BCUT2D eigenvalue weighted by Gasteiger charge is 2.31. The lowest BCUT2D eigenvalue weighted by atomic mass is 10.2. The largest absolute Gasteiger partial charge is 0.416 e. The molecule has 0 spiro atoms. The summed E-state index contributed by atoms with van der Waals surface area (Å²) in [5.74, 6) is 0.187. The maximum atomic E-state index is 13.1. The van der Waals surface area contributed by atoms with Crippen LogP contribution in [0.3, 0.4) is 0 Å². The first-order valence-corrected chi connectivity index (χ1v) is 10.3. The molecule has 1 aliphatic rings. The van der Waals surface area contributed by atoms with Crippen molar-refractivity contribution < 1.29 is 22.5 Å². The number of aryl methyl sites for hydroxylation is 2. The first kappa shape index (κ1) is 22.7. The predicted molar refractivity (Wildman–Crippen MR) is 112 cm³/mol. The zero-order chi connectivity index (χ0) is 23.8. The number of carbonyl (C=O) groups excluding carboxylic acids is 1. The number of benzene rings is 1.